The third-order valence-corrected chi connectivity index (χ3v) is 3.15. The van der Waals surface area contributed by atoms with Crippen molar-refractivity contribution in [1.82, 2.24) is 10.2 Å². The van der Waals surface area contributed by atoms with E-state index in [-0.39, 0.29) is 24.9 Å². The predicted octanol–water partition coefficient (Wildman–Crippen LogP) is 1.58. The third kappa shape index (κ3) is 5.40. The second-order valence-electron chi connectivity index (χ2n) is 5.03. The number of carbonyl (C=O) groups excluding carboxylic acids is 1. The molecule has 1 amide bonds. The van der Waals surface area contributed by atoms with Crippen molar-refractivity contribution in [2.24, 2.45) is 0 Å². The summed E-state index contributed by atoms with van der Waals surface area (Å²) in [6.45, 7) is 4.51. The summed E-state index contributed by atoms with van der Waals surface area (Å²) in [7, 11) is 1.74. The van der Waals surface area contributed by atoms with Gasteiger partial charge in [0.1, 0.15) is 0 Å². The monoisotopic (exact) mass is 278 g/mol. The molecular formula is C15H22N2O3. The normalized spacial score (nSPS) is 12.2. The molecule has 0 radical (unpaired) electrons. The van der Waals surface area contributed by atoms with Crippen LogP contribution in [0, 0.1) is 6.92 Å². The molecule has 2 N–H and O–H groups in total. The largest absolute Gasteiger partial charge is 0.481 e. The first-order valence-electron chi connectivity index (χ1n) is 6.65. The summed E-state index contributed by atoms with van der Waals surface area (Å²) in [6.07, 6.45) is 0.0388. The number of carboxylic acid groups (broad SMARTS) is 1. The standard InChI is InChI=1S/C15H22N2O3/c1-11-6-4-5-7-13(11)12(2)16-14(18)10-17(3)9-8-15(19)20/h4-7,12H,8-10H2,1-3H3,(H,16,18)(H,19,20). The maximum absolute atomic E-state index is 11.9. The summed E-state index contributed by atoms with van der Waals surface area (Å²) in [5, 5.41) is 11.5. The smallest absolute Gasteiger partial charge is 0.304 e. The van der Waals surface area contributed by atoms with Crippen LogP contribution in [0.2, 0.25) is 0 Å². The zero-order valence-electron chi connectivity index (χ0n) is 12.2. The molecule has 5 heteroatoms. The van der Waals surface area contributed by atoms with Crippen LogP contribution in [0.25, 0.3) is 0 Å². The van der Waals surface area contributed by atoms with Crippen LogP contribution < -0.4 is 5.32 Å². The molecule has 0 aliphatic rings. The van der Waals surface area contributed by atoms with Crippen LogP contribution in [0.15, 0.2) is 24.3 Å². The highest BCUT2D eigenvalue weighted by atomic mass is 16.4. The van der Waals surface area contributed by atoms with E-state index in [1.54, 1.807) is 11.9 Å². The first kappa shape index (κ1) is 16.2. The summed E-state index contributed by atoms with van der Waals surface area (Å²) in [6, 6.07) is 7.86. The molecule has 1 atom stereocenters. The highest BCUT2D eigenvalue weighted by Crippen LogP contribution is 2.16. The highest BCUT2D eigenvalue weighted by molar-refractivity contribution is 5.78. The van der Waals surface area contributed by atoms with Gasteiger partial charge in [-0.05, 0) is 32.0 Å². The van der Waals surface area contributed by atoms with Gasteiger partial charge in [0.15, 0.2) is 0 Å². The van der Waals surface area contributed by atoms with Gasteiger partial charge in [0, 0.05) is 6.54 Å². The fourth-order valence-corrected chi connectivity index (χ4v) is 2.05. The maximum Gasteiger partial charge on any atom is 0.304 e. The number of likely N-dealkylation sites (N-methyl/N-ethyl adjacent to an activating group) is 1. The number of nitrogens with one attached hydrogen (secondary N) is 1. The van der Waals surface area contributed by atoms with Gasteiger partial charge in [-0.15, -0.1) is 0 Å². The van der Waals surface area contributed by atoms with Crippen molar-refractivity contribution < 1.29 is 14.7 Å². The van der Waals surface area contributed by atoms with Gasteiger partial charge in [-0.25, -0.2) is 0 Å². The molecular weight excluding hydrogens is 256 g/mol. The first-order valence-corrected chi connectivity index (χ1v) is 6.65. The first-order chi connectivity index (χ1) is 9.40. The third-order valence-electron chi connectivity index (χ3n) is 3.15. The van der Waals surface area contributed by atoms with Crippen LogP contribution in [0.4, 0.5) is 0 Å². The molecule has 0 spiro atoms. The molecule has 0 aromatic heterocycles. The number of aliphatic carboxylic acids is 1. The van der Waals surface area contributed by atoms with Crippen LogP contribution in [0.1, 0.15) is 30.5 Å². The fraction of sp³-hybridized carbons (Fsp3) is 0.467. The molecule has 1 aromatic carbocycles. The second kappa shape index (κ2) is 7.65. The lowest BCUT2D eigenvalue weighted by atomic mass is 10.0. The average Bonchev–Trinajstić information content (AvgIpc) is 2.36. The topological polar surface area (TPSA) is 69.6 Å². The van der Waals surface area contributed by atoms with Crippen molar-refractivity contribution in [2.45, 2.75) is 26.3 Å². The summed E-state index contributed by atoms with van der Waals surface area (Å²) < 4.78 is 0. The van der Waals surface area contributed by atoms with Gasteiger partial charge in [0.2, 0.25) is 5.91 Å². The molecule has 20 heavy (non-hydrogen) atoms. The second-order valence-corrected chi connectivity index (χ2v) is 5.03. The summed E-state index contributed by atoms with van der Waals surface area (Å²) in [4.78, 5) is 24.1. The van der Waals surface area contributed by atoms with Gasteiger partial charge in [0.25, 0.3) is 0 Å². The van der Waals surface area contributed by atoms with Crippen LogP contribution in [-0.4, -0.2) is 42.0 Å². The lowest BCUT2D eigenvalue weighted by molar-refractivity contribution is -0.137. The number of benzene rings is 1. The zero-order chi connectivity index (χ0) is 15.1. The highest BCUT2D eigenvalue weighted by Gasteiger charge is 2.13. The predicted molar refractivity (Wildman–Crippen MR) is 77.5 cm³/mol. The van der Waals surface area contributed by atoms with Crippen molar-refractivity contribution in [2.75, 3.05) is 20.1 Å². The lowest BCUT2D eigenvalue weighted by Gasteiger charge is -2.19. The molecule has 0 saturated heterocycles. The van der Waals surface area contributed by atoms with Crippen molar-refractivity contribution in [1.29, 1.82) is 0 Å². The minimum Gasteiger partial charge on any atom is -0.481 e. The Morgan fingerprint density at radius 3 is 2.60 bits per heavy atom. The van der Waals surface area contributed by atoms with Crippen LogP contribution in [-0.2, 0) is 9.59 Å². The van der Waals surface area contributed by atoms with E-state index in [0.717, 1.165) is 11.1 Å². The molecule has 0 fully saturated rings. The number of hydrogen-bond donors (Lipinski definition) is 2. The minimum atomic E-state index is -0.856. The van der Waals surface area contributed by atoms with Gasteiger partial charge in [0.05, 0.1) is 19.0 Å². The molecule has 5 nitrogen and oxygen atoms in total. The van der Waals surface area contributed by atoms with E-state index < -0.39 is 5.97 Å². The minimum absolute atomic E-state index is 0.0388. The number of carbonyl (C=O) groups is 2. The molecule has 0 heterocycles. The van der Waals surface area contributed by atoms with Gasteiger partial charge in [-0.3, -0.25) is 14.5 Å². The Morgan fingerprint density at radius 1 is 1.35 bits per heavy atom. The molecule has 0 bridgehead atoms. The summed E-state index contributed by atoms with van der Waals surface area (Å²) in [5.41, 5.74) is 2.23. The Labute approximate surface area is 119 Å². The molecule has 1 aromatic rings. The van der Waals surface area contributed by atoms with Gasteiger partial charge in [-0.2, -0.15) is 0 Å². The van der Waals surface area contributed by atoms with Crippen LogP contribution >= 0.6 is 0 Å². The summed E-state index contributed by atoms with van der Waals surface area (Å²) >= 11 is 0. The van der Waals surface area contributed by atoms with Gasteiger partial charge < -0.3 is 10.4 Å². The average molecular weight is 278 g/mol. The van der Waals surface area contributed by atoms with Crippen molar-refractivity contribution in [3.05, 3.63) is 35.4 Å². The van der Waals surface area contributed by atoms with E-state index in [1.807, 2.05) is 38.1 Å². The number of hydrogen-bond acceptors (Lipinski definition) is 3. The molecule has 1 rings (SSSR count). The van der Waals surface area contributed by atoms with E-state index in [4.69, 9.17) is 5.11 Å². The van der Waals surface area contributed by atoms with Gasteiger partial charge in [-0.1, -0.05) is 24.3 Å². The van der Waals surface area contributed by atoms with Crippen LogP contribution in [0.3, 0.4) is 0 Å². The Balaban J connectivity index is 2.46. The molecule has 1 unspecified atom stereocenters. The van der Waals surface area contributed by atoms with Crippen LogP contribution in [0.5, 0.6) is 0 Å². The maximum atomic E-state index is 11.9. The van der Waals surface area contributed by atoms with Gasteiger partial charge >= 0.3 is 5.97 Å². The Morgan fingerprint density at radius 2 is 2.00 bits per heavy atom. The quantitative estimate of drug-likeness (QED) is 0.794. The van der Waals surface area contributed by atoms with E-state index in [2.05, 4.69) is 5.32 Å². The zero-order valence-corrected chi connectivity index (χ0v) is 12.2. The van der Waals surface area contributed by atoms with E-state index >= 15 is 0 Å². The summed E-state index contributed by atoms with van der Waals surface area (Å²) in [5.74, 6) is -0.959. The van der Waals surface area contributed by atoms with Crippen molar-refractivity contribution in [3.8, 4) is 0 Å². The van der Waals surface area contributed by atoms with Crippen molar-refractivity contribution in [3.63, 3.8) is 0 Å². The van der Waals surface area contributed by atoms with E-state index in [9.17, 15) is 9.59 Å². The lowest BCUT2D eigenvalue weighted by Crippen LogP contribution is -2.37. The van der Waals surface area contributed by atoms with E-state index in [1.165, 1.54) is 0 Å². The molecule has 0 aliphatic heterocycles. The number of rotatable bonds is 7. The molecule has 0 saturated carbocycles. The molecule has 0 aliphatic carbocycles. The molecule has 110 valence electrons. The van der Waals surface area contributed by atoms with Crippen molar-refractivity contribution >= 4 is 11.9 Å². The van der Waals surface area contributed by atoms with E-state index in [0.29, 0.717) is 6.54 Å². The fourth-order valence-electron chi connectivity index (χ4n) is 2.05. The number of aryl methyl sites for hydroxylation is 1. The Bertz CT molecular complexity index is 474. The number of nitrogens with zero attached hydrogens (tertiary/aromatic N) is 1. The number of amides is 1. The SMILES string of the molecule is Cc1ccccc1C(C)NC(=O)CN(C)CCC(=O)O. The Kier molecular flexibility index (Phi) is 6.18. The number of carboxylic acids is 1. The Hall–Kier alpha value is -1.88.